The van der Waals surface area contributed by atoms with E-state index in [4.69, 9.17) is 10.6 Å². The fourth-order valence-corrected chi connectivity index (χ4v) is 2.52. The molecule has 1 aromatic carbocycles. The molecule has 1 aliphatic heterocycles. The van der Waals surface area contributed by atoms with E-state index >= 15 is 0 Å². The zero-order valence-corrected chi connectivity index (χ0v) is 11.4. The molecule has 0 aliphatic carbocycles. The molecule has 1 fully saturated rings. The third-order valence-corrected chi connectivity index (χ3v) is 3.85. The highest BCUT2D eigenvalue weighted by Gasteiger charge is 2.24. The summed E-state index contributed by atoms with van der Waals surface area (Å²) in [7, 11) is 0. The summed E-state index contributed by atoms with van der Waals surface area (Å²) >= 11 is 0. The molecule has 2 rings (SSSR count). The van der Waals surface area contributed by atoms with Crippen molar-refractivity contribution in [3.63, 3.8) is 0 Å². The van der Waals surface area contributed by atoms with Crippen molar-refractivity contribution in [3.05, 3.63) is 35.4 Å². The normalized spacial score (nSPS) is 21.4. The van der Waals surface area contributed by atoms with E-state index in [0.717, 1.165) is 26.1 Å². The summed E-state index contributed by atoms with van der Waals surface area (Å²) in [5, 5.41) is 0. The van der Waals surface area contributed by atoms with Crippen molar-refractivity contribution >= 4 is 0 Å². The second-order valence-corrected chi connectivity index (χ2v) is 5.50. The zero-order chi connectivity index (χ0) is 13.0. The molecule has 3 nitrogen and oxygen atoms in total. The Labute approximate surface area is 110 Å². The van der Waals surface area contributed by atoms with Crippen LogP contribution < -0.4 is 11.3 Å². The Balaban J connectivity index is 1.98. The standard InChI is InChI=1S/C15H24N2O/c1-11(2)13-5-3-12(4-6-13)9-15(17-16)14-7-8-18-10-14/h3-6,11,14-15,17H,7-10,16H2,1-2H3. The minimum absolute atomic E-state index is 0.317. The number of rotatable bonds is 5. The molecule has 0 spiro atoms. The third-order valence-electron chi connectivity index (χ3n) is 3.85. The van der Waals surface area contributed by atoms with Gasteiger partial charge in [-0.25, -0.2) is 0 Å². The molecule has 3 heteroatoms. The van der Waals surface area contributed by atoms with Crippen LogP contribution in [-0.2, 0) is 11.2 Å². The van der Waals surface area contributed by atoms with E-state index < -0.39 is 0 Å². The van der Waals surface area contributed by atoms with E-state index in [2.05, 4.69) is 43.5 Å². The van der Waals surface area contributed by atoms with Crippen LogP contribution >= 0.6 is 0 Å². The molecule has 1 aliphatic rings. The molecule has 0 radical (unpaired) electrons. The molecule has 3 N–H and O–H groups in total. The van der Waals surface area contributed by atoms with Crippen LogP contribution in [0, 0.1) is 5.92 Å². The van der Waals surface area contributed by atoms with Crippen LogP contribution in [0.4, 0.5) is 0 Å². The molecule has 1 aromatic rings. The highest BCUT2D eigenvalue weighted by atomic mass is 16.5. The van der Waals surface area contributed by atoms with Gasteiger partial charge in [0.2, 0.25) is 0 Å². The first-order valence-electron chi connectivity index (χ1n) is 6.83. The Morgan fingerprint density at radius 3 is 2.56 bits per heavy atom. The largest absolute Gasteiger partial charge is 0.381 e. The monoisotopic (exact) mass is 248 g/mol. The number of benzene rings is 1. The van der Waals surface area contributed by atoms with Gasteiger partial charge in [0.15, 0.2) is 0 Å². The molecule has 1 saturated heterocycles. The third kappa shape index (κ3) is 3.31. The number of nitrogens with one attached hydrogen (secondary N) is 1. The minimum atomic E-state index is 0.317. The zero-order valence-electron chi connectivity index (χ0n) is 11.4. The topological polar surface area (TPSA) is 47.3 Å². The molecule has 18 heavy (non-hydrogen) atoms. The van der Waals surface area contributed by atoms with Gasteiger partial charge < -0.3 is 4.74 Å². The molecule has 2 atom stereocenters. The summed E-state index contributed by atoms with van der Waals surface area (Å²) in [5.74, 6) is 6.80. The van der Waals surface area contributed by atoms with E-state index in [9.17, 15) is 0 Å². The number of hydrogen-bond acceptors (Lipinski definition) is 3. The van der Waals surface area contributed by atoms with Crippen LogP contribution in [0.5, 0.6) is 0 Å². The second kappa shape index (κ2) is 6.32. The summed E-state index contributed by atoms with van der Waals surface area (Å²) < 4.78 is 5.43. The fraction of sp³-hybridized carbons (Fsp3) is 0.600. The maximum atomic E-state index is 5.67. The quantitative estimate of drug-likeness (QED) is 0.620. The van der Waals surface area contributed by atoms with Gasteiger partial charge in [-0.2, -0.15) is 0 Å². The van der Waals surface area contributed by atoms with Gasteiger partial charge in [-0.1, -0.05) is 38.1 Å². The van der Waals surface area contributed by atoms with Gasteiger partial charge >= 0.3 is 0 Å². The highest BCUT2D eigenvalue weighted by Crippen LogP contribution is 2.21. The predicted molar refractivity (Wildman–Crippen MR) is 74.3 cm³/mol. The summed E-state index contributed by atoms with van der Waals surface area (Å²) in [5.41, 5.74) is 5.68. The van der Waals surface area contributed by atoms with Gasteiger partial charge in [0.25, 0.3) is 0 Å². The van der Waals surface area contributed by atoms with Crippen molar-refractivity contribution in [2.24, 2.45) is 11.8 Å². The molecule has 0 saturated carbocycles. The van der Waals surface area contributed by atoms with Gasteiger partial charge in [0.1, 0.15) is 0 Å². The molecule has 100 valence electrons. The maximum absolute atomic E-state index is 5.67. The van der Waals surface area contributed by atoms with Crippen LogP contribution in [0.25, 0.3) is 0 Å². The van der Waals surface area contributed by atoms with Gasteiger partial charge in [-0.15, -0.1) is 0 Å². The maximum Gasteiger partial charge on any atom is 0.0510 e. The van der Waals surface area contributed by atoms with Crippen LogP contribution in [0.3, 0.4) is 0 Å². The second-order valence-electron chi connectivity index (χ2n) is 5.50. The van der Waals surface area contributed by atoms with Crippen LogP contribution in [0.15, 0.2) is 24.3 Å². The summed E-state index contributed by atoms with van der Waals surface area (Å²) in [6.45, 7) is 6.14. The lowest BCUT2D eigenvalue weighted by Crippen LogP contribution is -2.42. The molecular formula is C15H24N2O. The van der Waals surface area contributed by atoms with E-state index in [1.165, 1.54) is 11.1 Å². The first kappa shape index (κ1) is 13.5. The smallest absolute Gasteiger partial charge is 0.0510 e. The van der Waals surface area contributed by atoms with Gasteiger partial charge in [0, 0.05) is 18.6 Å². The number of hydrazine groups is 1. The van der Waals surface area contributed by atoms with Crippen LogP contribution in [-0.4, -0.2) is 19.3 Å². The molecular weight excluding hydrogens is 224 g/mol. The van der Waals surface area contributed by atoms with Crippen molar-refractivity contribution < 1.29 is 4.74 Å². The SMILES string of the molecule is CC(C)c1ccc(CC(NN)C2CCOC2)cc1. The first-order valence-corrected chi connectivity index (χ1v) is 6.83. The van der Waals surface area contributed by atoms with Gasteiger partial charge in [0.05, 0.1) is 6.61 Å². The van der Waals surface area contributed by atoms with Gasteiger partial charge in [-0.05, 0) is 29.9 Å². The first-order chi connectivity index (χ1) is 8.70. The molecule has 0 bridgehead atoms. The van der Waals surface area contributed by atoms with Crippen LogP contribution in [0.2, 0.25) is 0 Å². The van der Waals surface area contributed by atoms with E-state index in [0.29, 0.717) is 17.9 Å². The van der Waals surface area contributed by atoms with Crippen molar-refractivity contribution in [1.29, 1.82) is 0 Å². The molecule has 2 unspecified atom stereocenters. The Bertz CT molecular complexity index is 355. The highest BCUT2D eigenvalue weighted by molar-refractivity contribution is 5.25. The Hall–Kier alpha value is -0.900. The molecule has 1 heterocycles. The molecule has 0 amide bonds. The van der Waals surface area contributed by atoms with Crippen molar-refractivity contribution in [1.82, 2.24) is 5.43 Å². The average Bonchev–Trinajstić information content (AvgIpc) is 2.90. The van der Waals surface area contributed by atoms with Gasteiger partial charge in [-0.3, -0.25) is 11.3 Å². The Kier molecular flexibility index (Phi) is 4.75. The summed E-state index contributed by atoms with van der Waals surface area (Å²) in [6.07, 6.45) is 2.09. The van der Waals surface area contributed by atoms with Crippen molar-refractivity contribution in [2.75, 3.05) is 13.2 Å². The lowest BCUT2D eigenvalue weighted by atomic mass is 9.92. The van der Waals surface area contributed by atoms with Crippen molar-refractivity contribution in [2.45, 2.75) is 38.6 Å². The Morgan fingerprint density at radius 1 is 1.33 bits per heavy atom. The van der Waals surface area contributed by atoms with Crippen LogP contribution in [0.1, 0.15) is 37.3 Å². The molecule has 0 aromatic heterocycles. The summed E-state index contributed by atoms with van der Waals surface area (Å²) in [4.78, 5) is 0. The van der Waals surface area contributed by atoms with E-state index in [1.54, 1.807) is 0 Å². The van der Waals surface area contributed by atoms with E-state index in [-0.39, 0.29) is 0 Å². The number of nitrogens with two attached hydrogens (primary N) is 1. The minimum Gasteiger partial charge on any atom is -0.381 e. The predicted octanol–water partition coefficient (Wildman–Crippen LogP) is 2.22. The fourth-order valence-electron chi connectivity index (χ4n) is 2.52. The lowest BCUT2D eigenvalue weighted by molar-refractivity contribution is 0.176. The van der Waals surface area contributed by atoms with Crippen molar-refractivity contribution in [3.8, 4) is 0 Å². The number of hydrogen-bond donors (Lipinski definition) is 2. The number of ether oxygens (including phenoxy) is 1. The summed E-state index contributed by atoms with van der Waals surface area (Å²) in [6, 6.07) is 9.19. The average molecular weight is 248 g/mol. The Morgan fingerprint density at radius 2 is 2.06 bits per heavy atom. The van der Waals surface area contributed by atoms with E-state index in [1.807, 2.05) is 0 Å². The lowest BCUT2D eigenvalue weighted by Gasteiger charge is -2.21.